The highest BCUT2D eigenvalue weighted by molar-refractivity contribution is 7.14. The first-order chi connectivity index (χ1) is 13.3. The molecule has 148 valence electrons. The molecule has 0 radical (unpaired) electrons. The summed E-state index contributed by atoms with van der Waals surface area (Å²) in [6, 6.07) is 1.72. The van der Waals surface area contributed by atoms with Crippen molar-refractivity contribution in [3.8, 4) is 0 Å². The number of ether oxygens (including phenoxy) is 1. The molecule has 2 N–H and O–H groups in total. The highest BCUT2D eigenvalue weighted by Gasteiger charge is 2.43. The average molecular weight is 405 g/mol. The summed E-state index contributed by atoms with van der Waals surface area (Å²) in [6.45, 7) is 1.26. The summed E-state index contributed by atoms with van der Waals surface area (Å²) in [5.41, 5.74) is -0.933. The largest absolute Gasteiger partial charge is 0.477 e. The van der Waals surface area contributed by atoms with Crippen molar-refractivity contribution in [1.82, 2.24) is 14.5 Å². The summed E-state index contributed by atoms with van der Waals surface area (Å²) in [6.07, 6.45) is 2.97. The van der Waals surface area contributed by atoms with Crippen LogP contribution in [0.15, 0.2) is 21.9 Å². The number of carbonyl (C=O) groups excluding carboxylic acids is 1. The van der Waals surface area contributed by atoms with E-state index in [1.807, 2.05) is 0 Å². The fourth-order valence-corrected chi connectivity index (χ4v) is 5.11. The van der Waals surface area contributed by atoms with E-state index < -0.39 is 28.7 Å². The fourth-order valence-electron chi connectivity index (χ4n) is 3.86. The first-order valence-corrected chi connectivity index (χ1v) is 9.72. The number of hydrogen-bond donors (Lipinski definition) is 2. The zero-order valence-electron chi connectivity index (χ0n) is 15.2. The van der Waals surface area contributed by atoms with Crippen LogP contribution >= 0.6 is 11.3 Å². The van der Waals surface area contributed by atoms with Crippen LogP contribution in [0.2, 0.25) is 0 Å². The highest BCUT2D eigenvalue weighted by atomic mass is 32.1. The van der Waals surface area contributed by atoms with Gasteiger partial charge >= 0.3 is 11.7 Å². The molecule has 0 aromatic carbocycles. The van der Waals surface area contributed by atoms with Gasteiger partial charge < -0.3 is 19.3 Å². The highest BCUT2D eigenvalue weighted by Crippen LogP contribution is 2.45. The molecule has 2 aliphatic rings. The van der Waals surface area contributed by atoms with Crippen LogP contribution in [0.1, 0.15) is 43.3 Å². The van der Waals surface area contributed by atoms with Gasteiger partial charge in [-0.05, 0) is 30.9 Å². The third-order valence-electron chi connectivity index (χ3n) is 5.38. The number of carbonyl (C=O) groups is 2. The topological polar surface area (TPSA) is 122 Å². The molecule has 4 heterocycles. The van der Waals surface area contributed by atoms with Gasteiger partial charge in [0.15, 0.2) is 0 Å². The van der Waals surface area contributed by atoms with Gasteiger partial charge in [0.25, 0.3) is 11.5 Å². The van der Waals surface area contributed by atoms with Crippen molar-refractivity contribution in [1.29, 1.82) is 0 Å². The second-order valence-electron chi connectivity index (χ2n) is 7.07. The number of aromatic carboxylic acids is 1. The lowest BCUT2D eigenvalue weighted by Crippen LogP contribution is -2.49. The Kier molecular flexibility index (Phi) is 4.47. The fraction of sp³-hybridized carbons (Fsp3) is 0.444. The minimum Gasteiger partial charge on any atom is -0.477 e. The molecule has 0 bridgehead atoms. The molecule has 1 saturated heterocycles. The van der Waals surface area contributed by atoms with E-state index in [9.17, 15) is 24.3 Å². The molecule has 0 aliphatic carbocycles. The summed E-state index contributed by atoms with van der Waals surface area (Å²) in [7, 11) is 1.47. The molecule has 2 aromatic heterocycles. The standard InChI is InChI=1S/C18H19N3O6S/c1-20-9-11(14(22)19-17(20)26)15(23)21-5-3-18(4-6-21)13-10(2-7-27-18)8-12(28-13)16(24)25/h8-9H,2-7H2,1H3,(H,24,25)(H,19,22,26). The number of aromatic nitrogens is 2. The maximum Gasteiger partial charge on any atom is 0.345 e. The van der Waals surface area contributed by atoms with Gasteiger partial charge in [-0.1, -0.05) is 0 Å². The molecule has 10 heteroatoms. The quantitative estimate of drug-likeness (QED) is 0.752. The Labute approximate surface area is 163 Å². The number of aromatic amines is 1. The van der Waals surface area contributed by atoms with Crippen molar-refractivity contribution >= 4 is 23.2 Å². The Morgan fingerprint density at radius 2 is 2.00 bits per heavy atom. The predicted octanol–water partition coefficient (Wildman–Crippen LogP) is 0.537. The van der Waals surface area contributed by atoms with E-state index in [0.29, 0.717) is 43.8 Å². The molecule has 2 aromatic rings. The molecule has 1 fully saturated rings. The van der Waals surface area contributed by atoms with Crippen molar-refractivity contribution in [3.05, 3.63) is 54.0 Å². The lowest BCUT2D eigenvalue weighted by Gasteiger charge is -2.43. The van der Waals surface area contributed by atoms with Gasteiger partial charge in [0, 0.05) is 31.2 Å². The number of likely N-dealkylation sites (tertiary alicyclic amines) is 1. The van der Waals surface area contributed by atoms with Crippen LogP contribution in [-0.2, 0) is 23.8 Å². The SMILES string of the molecule is Cn1cc(C(=O)N2CCC3(CC2)OCCc2cc(C(=O)O)sc23)c(=O)[nH]c1=O. The number of nitrogens with one attached hydrogen (secondary N) is 1. The van der Waals surface area contributed by atoms with Crippen molar-refractivity contribution in [2.75, 3.05) is 19.7 Å². The van der Waals surface area contributed by atoms with Crippen LogP contribution < -0.4 is 11.2 Å². The normalized spacial score (nSPS) is 18.1. The molecule has 1 amide bonds. The lowest BCUT2D eigenvalue weighted by molar-refractivity contribution is -0.0906. The molecular formula is C18H19N3O6S. The zero-order chi connectivity index (χ0) is 20.1. The summed E-state index contributed by atoms with van der Waals surface area (Å²) < 4.78 is 7.25. The predicted molar refractivity (Wildman–Crippen MR) is 100 cm³/mol. The maximum absolute atomic E-state index is 12.8. The third kappa shape index (κ3) is 2.98. The van der Waals surface area contributed by atoms with E-state index in [0.717, 1.165) is 15.0 Å². The smallest absolute Gasteiger partial charge is 0.345 e. The number of nitrogens with zero attached hydrogens (tertiary/aromatic N) is 2. The lowest BCUT2D eigenvalue weighted by atomic mass is 9.85. The number of hydrogen-bond acceptors (Lipinski definition) is 6. The second-order valence-corrected chi connectivity index (χ2v) is 8.12. The number of fused-ring (bicyclic) bond motifs is 2. The summed E-state index contributed by atoms with van der Waals surface area (Å²) in [5, 5.41) is 9.29. The van der Waals surface area contributed by atoms with E-state index in [-0.39, 0.29) is 5.56 Å². The number of H-pyrrole nitrogens is 1. The van der Waals surface area contributed by atoms with Gasteiger partial charge in [-0.3, -0.25) is 14.6 Å². The summed E-state index contributed by atoms with van der Waals surface area (Å²) in [5.74, 6) is -1.38. The van der Waals surface area contributed by atoms with Crippen molar-refractivity contribution in [2.24, 2.45) is 7.05 Å². The van der Waals surface area contributed by atoms with E-state index in [1.54, 1.807) is 11.0 Å². The average Bonchev–Trinajstić information content (AvgIpc) is 3.11. The van der Waals surface area contributed by atoms with E-state index in [1.165, 1.54) is 24.6 Å². The van der Waals surface area contributed by atoms with Crippen LogP contribution in [0, 0.1) is 0 Å². The van der Waals surface area contributed by atoms with E-state index >= 15 is 0 Å². The number of carboxylic acids is 1. The van der Waals surface area contributed by atoms with Gasteiger partial charge in [-0.25, -0.2) is 9.59 Å². The Morgan fingerprint density at radius 3 is 2.68 bits per heavy atom. The van der Waals surface area contributed by atoms with E-state index in [4.69, 9.17) is 4.74 Å². The van der Waals surface area contributed by atoms with Crippen LogP contribution in [0.5, 0.6) is 0 Å². The molecule has 4 rings (SSSR count). The number of piperidine rings is 1. The van der Waals surface area contributed by atoms with Crippen molar-refractivity contribution in [2.45, 2.75) is 24.9 Å². The molecule has 1 spiro atoms. The van der Waals surface area contributed by atoms with Crippen LogP contribution in [0.25, 0.3) is 0 Å². The van der Waals surface area contributed by atoms with Crippen molar-refractivity contribution < 1.29 is 19.4 Å². The van der Waals surface area contributed by atoms with Crippen molar-refractivity contribution in [3.63, 3.8) is 0 Å². The summed E-state index contributed by atoms with van der Waals surface area (Å²) in [4.78, 5) is 52.5. The summed E-state index contributed by atoms with van der Waals surface area (Å²) >= 11 is 1.24. The van der Waals surface area contributed by atoms with Crippen LogP contribution in [0.3, 0.4) is 0 Å². The first-order valence-electron chi connectivity index (χ1n) is 8.90. The molecule has 2 aliphatic heterocycles. The maximum atomic E-state index is 12.8. The van der Waals surface area contributed by atoms with E-state index in [2.05, 4.69) is 4.98 Å². The number of rotatable bonds is 2. The number of thiophene rings is 1. The molecule has 9 nitrogen and oxygen atoms in total. The zero-order valence-corrected chi connectivity index (χ0v) is 16.0. The molecule has 0 unspecified atom stereocenters. The minimum atomic E-state index is -0.948. The molecule has 28 heavy (non-hydrogen) atoms. The molecular weight excluding hydrogens is 386 g/mol. The third-order valence-corrected chi connectivity index (χ3v) is 6.73. The van der Waals surface area contributed by atoms with Gasteiger partial charge in [-0.15, -0.1) is 11.3 Å². The van der Waals surface area contributed by atoms with Gasteiger partial charge in [-0.2, -0.15) is 0 Å². The monoisotopic (exact) mass is 405 g/mol. The Morgan fingerprint density at radius 1 is 1.29 bits per heavy atom. The molecule has 0 atom stereocenters. The Bertz CT molecular complexity index is 1070. The Balaban J connectivity index is 1.57. The first kappa shape index (κ1) is 18.6. The Hall–Kier alpha value is -2.72. The number of amides is 1. The van der Waals surface area contributed by atoms with Gasteiger partial charge in [0.1, 0.15) is 16.0 Å². The minimum absolute atomic E-state index is 0.0763. The van der Waals surface area contributed by atoms with Crippen LogP contribution in [-0.4, -0.2) is 51.1 Å². The molecule has 0 saturated carbocycles. The second kappa shape index (κ2) is 6.71. The number of aryl methyl sites for hydroxylation is 1. The number of carboxylic acid groups (broad SMARTS) is 1. The van der Waals surface area contributed by atoms with Gasteiger partial charge in [0.05, 0.1) is 6.61 Å². The van der Waals surface area contributed by atoms with Crippen LogP contribution in [0.4, 0.5) is 0 Å². The van der Waals surface area contributed by atoms with Gasteiger partial charge in [0.2, 0.25) is 0 Å².